The van der Waals surface area contributed by atoms with Crippen molar-refractivity contribution < 1.29 is 24.2 Å². The van der Waals surface area contributed by atoms with Crippen LogP contribution in [0.5, 0.6) is 0 Å². The van der Waals surface area contributed by atoms with Crippen LogP contribution in [0.25, 0.3) is 11.1 Å². The fourth-order valence-corrected chi connectivity index (χ4v) is 5.05. The highest BCUT2D eigenvalue weighted by molar-refractivity contribution is 5.91. The number of aliphatic carboxylic acids is 1. The Bertz CT molecular complexity index is 1010. The number of carbonyl (C=O) groups is 3. The van der Waals surface area contributed by atoms with Gasteiger partial charge in [0.2, 0.25) is 5.91 Å². The highest BCUT2D eigenvalue weighted by Gasteiger charge is 2.49. The van der Waals surface area contributed by atoms with E-state index < -0.39 is 29.6 Å². The first-order valence-electron chi connectivity index (χ1n) is 11.1. The van der Waals surface area contributed by atoms with Gasteiger partial charge in [0.15, 0.2) is 0 Å². The number of carbonyl (C=O) groups excluding carboxylic acids is 2. The van der Waals surface area contributed by atoms with E-state index in [1.807, 2.05) is 36.4 Å². The third-order valence-corrected chi connectivity index (χ3v) is 6.79. The van der Waals surface area contributed by atoms with Gasteiger partial charge in [-0.1, -0.05) is 55.5 Å². The molecule has 32 heavy (non-hydrogen) atoms. The molecule has 7 nitrogen and oxygen atoms in total. The Morgan fingerprint density at radius 2 is 1.72 bits per heavy atom. The number of amides is 2. The molecule has 0 aromatic heterocycles. The van der Waals surface area contributed by atoms with Crippen LogP contribution in [0, 0.1) is 0 Å². The maximum atomic E-state index is 12.9. The summed E-state index contributed by atoms with van der Waals surface area (Å²) in [6.07, 6.45) is 0.682. The van der Waals surface area contributed by atoms with Crippen molar-refractivity contribution in [1.82, 2.24) is 10.2 Å². The predicted octanol–water partition coefficient (Wildman–Crippen LogP) is 3.77. The van der Waals surface area contributed by atoms with Crippen molar-refractivity contribution in [3.05, 3.63) is 59.7 Å². The Hall–Kier alpha value is -3.35. The first kappa shape index (κ1) is 21.9. The zero-order valence-corrected chi connectivity index (χ0v) is 18.3. The zero-order valence-electron chi connectivity index (χ0n) is 18.3. The first-order chi connectivity index (χ1) is 15.4. The highest BCUT2D eigenvalue weighted by Crippen LogP contribution is 2.44. The number of ether oxygens (including phenoxy) is 1. The maximum absolute atomic E-state index is 12.9. The molecule has 2 aromatic carbocycles. The maximum Gasteiger partial charge on any atom is 0.407 e. The number of fused-ring (bicyclic) bond motifs is 3. The third kappa shape index (κ3) is 3.61. The molecule has 0 radical (unpaired) electrons. The standard InChI is InChI=1S/C25H28N2O5/c1-3-25(23(29)30)13-8-14-27(25)22(28)16(2)26-24(31)32-15-21-19-11-6-4-9-17(19)18-10-5-7-12-20(18)21/h4-7,9-12,16,21H,3,8,13-15H2,1-2H3,(H,26,31)(H,29,30)/t16-,25?/m0/s1. The summed E-state index contributed by atoms with van der Waals surface area (Å²) < 4.78 is 5.51. The van der Waals surface area contributed by atoms with E-state index in [0.29, 0.717) is 25.8 Å². The fraction of sp³-hybridized carbons (Fsp3) is 0.400. The molecule has 0 saturated carbocycles. The molecule has 0 bridgehead atoms. The summed E-state index contributed by atoms with van der Waals surface area (Å²) in [5.74, 6) is -1.48. The molecule has 4 rings (SSSR count). The van der Waals surface area contributed by atoms with Crippen LogP contribution in [0.4, 0.5) is 4.79 Å². The van der Waals surface area contributed by atoms with Crippen molar-refractivity contribution in [2.45, 2.75) is 50.6 Å². The largest absolute Gasteiger partial charge is 0.479 e. The summed E-state index contributed by atoms with van der Waals surface area (Å²) >= 11 is 0. The van der Waals surface area contributed by atoms with Crippen LogP contribution in [0.3, 0.4) is 0 Å². The highest BCUT2D eigenvalue weighted by atomic mass is 16.5. The summed E-state index contributed by atoms with van der Waals surface area (Å²) in [7, 11) is 0. The van der Waals surface area contributed by atoms with Crippen LogP contribution in [0.1, 0.15) is 50.2 Å². The first-order valence-corrected chi connectivity index (χ1v) is 11.1. The fourth-order valence-electron chi connectivity index (χ4n) is 5.05. The van der Waals surface area contributed by atoms with E-state index in [1.54, 1.807) is 13.8 Å². The summed E-state index contributed by atoms with van der Waals surface area (Å²) in [6, 6.07) is 15.2. The number of carboxylic acid groups (broad SMARTS) is 1. The van der Waals surface area contributed by atoms with Gasteiger partial charge in [-0.05, 0) is 48.4 Å². The molecule has 1 fully saturated rings. The van der Waals surface area contributed by atoms with Gasteiger partial charge >= 0.3 is 12.1 Å². The minimum atomic E-state index is -1.20. The molecule has 2 N–H and O–H groups in total. The number of hydrogen-bond donors (Lipinski definition) is 2. The molecular formula is C25H28N2O5. The van der Waals surface area contributed by atoms with Crippen molar-refractivity contribution in [1.29, 1.82) is 0 Å². The van der Waals surface area contributed by atoms with Gasteiger partial charge in [0, 0.05) is 12.5 Å². The Morgan fingerprint density at radius 3 is 2.28 bits per heavy atom. The molecule has 1 aliphatic heterocycles. The molecule has 7 heteroatoms. The number of nitrogens with one attached hydrogen (secondary N) is 1. The molecule has 2 aromatic rings. The lowest BCUT2D eigenvalue weighted by Crippen LogP contribution is -2.57. The molecule has 2 amide bonds. The van der Waals surface area contributed by atoms with Crippen LogP contribution in [-0.2, 0) is 14.3 Å². The second-order valence-corrected chi connectivity index (χ2v) is 8.48. The minimum absolute atomic E-state index is 0.0718. The van der Waals surface area contributed by atoms with Gasteiger partial charge in [0.1, 0.15) is 18.2 Å². The van der Waals surface area contributed by atoms with Gasteiger partial charge in [-0.25, -0.2) is 9.59 Å². The quantitative estimate of drug-likeness (QED) is 0.719. The smallest absolute Gasteiger partial charge is 0.407 e. The lowest BCUT2D eigenvalue weighted by molar-refractivity contribution is -0.157. The van der Waals surface area contributed by atoms with Crippen molar-refractivity contribution in [3.63, 3.8) is 0 Å². The van der Waals surface area contributed by atoms with Gasteiger partial charge in [0.25, 0.3) is 0 Å². The molecule has 2 atom stereocenters. The van der Waals surface area contributed by atoms with Crippen LogP contribution in [0.2, 0.25) is 0 Å². The van der Waals surface area contributed by atoms with Gasteiger partial charge in [-0.15, -0.1) is 0 Å². The number of hydrogen-bond acceptors (Lipinski definition) is 4. The second kappa shape index (κ2) is 8.65. The molecular weight excluding hydrogens is 408 g/mol. The number of likely N-dealkylation sites (tertiary alicyclic amines) is 1. The van der Waals surface area contributed by atoms with E-state index in [-0.39, 0.29) is 12.5 Å². The van der Waals surface area contributed by atoms with E-state index >= 15 is 0 Å². The van der Waals surface area contributed by atoms with E-state index in [1.165, 1.54) is 4.90 Å². The zero-order chi connectivity index (χ0) is 22.9. The Balaban J connectivity index is 1.40. The minimum Gasteiger partial charge on any atom is -0.479 e. The van der Waals surface area contributed by atoms with Gasteiger partial charge < -0.3 is 20.1 Å². The van der Waals surface area contributed by atoms with Crippen LogP contribution in [-0.4, -0.2) is 52.7 Å². The van der Waals surface area contributed by atoms with Crippen molar-refractivity contribution in [2.24, 2.45) is 0 Å². The summed E-state index contributed by atoms with van der Waals surface area (Å²) in [5.41, 5.74) is 3.29. The van der Waals surface area contributed by atoms with E-state index in [4.69, 9.17) is 4.74 Å². The van der Waals surface area contributed by atoms with Crippen molar-refractivity contribution >= 4 is 18.0 Å². The normalized spacial score (nSPS) is 20.4. The van der Waals surface area contributed by atoms with Crippen LogP contribution < -0.4 is 5.32 Å². The average molecular weight is 437 g/mol. The lowest BCUT2D eigenvalue weighted by atomic mass is 9.92. The number of alkyl carbamates (subject to hydrolysis) is 1. The third-order valence-electron chi connectivity index (χ3n) is 6.79. The van der Waals surface area contributed by atoms with E-state index in [9.17, 15) is 19.5 Å². The molecule has 1 unspecified atom stereocenters. The molecule has 1 aliphatic carbocycles. The number of carboxylic acids is 1. The predicted molar refractivity (Wildman–Crippen MR) is 119 cm³/mol. The van der Waals surface area contributed by atoms with Crippen LogP contribution >= 0.6 is 0 Å². The molecule has 1 heterocycles. The average Bonchev–Trinajstić information content (AvgIpc) is 3.37. The molecule has 1 saturated heterocycles. The SMILES string of the molecule is CCC1(C(=O)O)CCCN1C(=O)[C@H](C)NC(=O)OCC1c2ccccc2-c2ccccc21. The van der Waals surface area contributed by atoms with Crippen LogP contribution in [0.15, 0.2) is 48.5 Å². The van der Waals surface area contributed by atoms with E-state index in [0.717, 1.165) is 22.3 Å². The van der Waals surface area contributed by atoms with Gasteiger partial charge in [-0.2, -0.15) is 0 Å². The van der Waals surface area contributed by atoms with Crippen molar-refractivity contribution in [2.75, 3.05) is 13.2 Å². The monoisotopic (exact) mass is 436 g/mol. The summed E-state index contributed by atoms with van der Waals surface area (Å²) in [4.78, 5) is 38.7. The molecule has 168 valence electrons. The Kier molecular flexibility index (Phi) is 5.91. The van der Waals surface area contributed by atoms with E-state index in [2.05, 4.69) is 17.4 Å². The summed E-state index contributed by atoms with van der Waals surface area (Å²) in [5, 5.41) is 12.3. The van der Waals surface area contributed by atoms with Gasteiger partial charge in [-0.3, -0.25) is 4.79 Å². The molecule has 0 spiro atoms. The van der Waals surface area contributed by atoms with Gasteiger partial charge in [0.05, 0.1) is 0 Å². The lowest BCUT2D eigenvalue weighted by Gasteiger charge is -2.35. The second-order valence-electron chi connectivity index (χ2n) is 8.48. The number of nitrogens with zero attached hydrogens (tertiary/aromatic N) is 1. The number of rotatable bonds is 6. The topological polar surface area (TPSA) is 95.9 Å². The van der Waals surface area contributed by atoms with Crippen molar-refractivity contribution in [3.8, 4) is 11.1 Å². The Labute approximate surface area is 187 Å². The molecule has 2 aliphatic rings. The number of benzene rings is 2. The summed E-state index contributed by atoms with van der Waals surface area (Å²) in [6.45, 7) is 3.85. The Morgan fingerprint density at radius 1 is 1.12 bits per heavy atom.